The molecule has 0 saturated carbocycles. The van der Waals surface area contributed by atoms with Gasteiger partial charge in [0.05, 0.1) is 0 Å². The lowest BCUT2D eigenvalue weighted by atomic mass is 10.2. The van der Waals surface area contributed by atoms with Gasteiger partial charge in [-0.2, -0.15) is 12.7 Å². The van der Waals surface area contributed by atoms with Crippen molar-refractivity contribution in [2.75, 3.05) is 32.7 Å². The van der Waals surface area contributed by atoms with Gasteiger partial charge in [-0.1, -0.05) is 13.8 Å². The highest BCUT2D eigenvalue weighted by atomic mass is 32.2. The van der Waals surface area contributed by atoms with Crippen LogP contribution in [0.4, 0.5) is 0 Å². The Hall–Kier alpha value is -0.170. The molecule has 0 aliphatic carbocycles. The average molecular weight is 221 g/mol. The summed E-state index contributed by atoms with van der Waals surface area (Å²) in [5.74, 6) is 0.340. The molecule has 1 fully saturated rings. The zero-order valence-corrected chi connectivity index (χ0v) is 9.60. The Morgan fingerprint density at radius 3 is 2.43 bits per heavy atom. The highest BCUT2D eigenvalue weighted by molar-refractivity contribution is 7.87. The van der Waals surface area contributed by atoms with E-state index in [-0.39, 0.29) is 0 Å². The Morgan fingerprint density at radius 1 is 1.36 bits per heavy atom. The fourth-order valence-electron chi connectivity index (χ4n) is 1.25. The minimum Gasteiger partial charge on any atom is -0.314 e. The molecule has 84 valence electrons. The van der Waals surface area contributed by atoms with E-state index in [9.17, 15) is 8.42 Å². The molecule has 1 aliphatic heterocycles. The lowest BCUT2D eigenvalue weighted by Gasteiger charge is -2.26. The molecule has 0 atom stereocenters. The van der Waals surface area contributed by atoms with E-state index in [0.29, 0.717) is 25.6 Å². The third-order valence-electron chi connectivity index (χ3n) is 2.09. The van der Waals surface area contributed by atoms with E-state index in [2.05, 4.69) is 10.0 Å². The molecule has 0 amide bonds. The van der Waals surface area contributed by atoms with Crippen LogP contribution in [0.5, 0.6) is 0 Å². The molecule has 0 bridgehead atoms. The van der Waals surface area contributed by atoms with Gasteiger partial charge in [0, 0.05) is 32.7 Å². The van der Waals surface area contributed by atoms with Gasteiger partial charge in [-0.05, 0) is 5.92 Å². The van der Waals surface area contributed by atoms with Crippen molar-refractivity contribution in [3.05, 3.63) is 0 Å². The molecule has 0 radical (unpaired) electrons. The zero-order chi connectivity index (χ0) is 10.6. The molecule has 2 N–H and O–H groups in total. The molecule has 0 aromatic rings. The molecule has 6 heteroatoms. The summed E-state index contributed by atoms with van der Waals surface area (Å²) in [4.78, 5) is 0. The normalized spacial score (nSPS) is 20.2. The van der Waals surface area contributed by atoms with E-state index < -0.39 is 10.2 Å². The molecule has 0 spiro atoms. The minimum atomic E-state index is -3.24. The van der Waals surface area contributed by atoms with Crippen molar-refractivity contribution in [3.63, 3.8) is 0 Å². The molecule has 1 rings (SSSR count). The van der Waals surface area contributed by atoms with Crippen LogP contribution >= 0.6 is 0 Å². The van der Waals surface area contributed by atoms with Gasteiger partial charge in [0.25, 0.3) is 10.2 Å². The van der Waals surface area contributed by atoms with Gasteiger partial charge in [-0.3, -0.25) is 0 Å². The fraction of sp³-hybridized carbons (Fsp3) is 1.00. The predicted octanol–water partition coefficient (Wildman–Crippen LogP) is -0.618. The Balaban J connectivity index is 2.46. The summed E-state index contributed by atoms with van der Waals surface area (Å²) in [5, 5.41) is 3.12. The summed E-state index contributed by atoms with van der Waals surface area (Å²) in [6, 6.07) is 0. The summed E-state index contributed by atoms with van der Waals surface area (Å²) < 4.78 is 27.4. The largest absolute Gasteiger partial charge is 0.314 e. The maximum Gasteiger partial charge on any atom is 0.279 e. The standard InChI is InChI=1S/C8H19N3O2S/c1-8(2)7-10-14(12,13)11-5-3-9-4-6-11/h8-10H,3-7H2,1-2H3. The van der Waals surface area contributed by atoms with Crippen LogP contribution in [0.15, 0.2) is 0 Å². The van der Waals surface area contributed by atoms with Crippen LogP contribution in [0.1, 0.15) is 13.8 Å². The molecular formula is C8H19N3O2S. The first-order chi connectivity index (χ1) is 6.52. The Labute approximate surface area is 86.0 Å². The van der Waals surface area contributed by atoms with Gasteiger partial charge in [0.1, 0.15) is 0 Å². The van der Waals surface area contributed by atoms with Gasteiger partial charge < -0.3 is 5.32 Å². The van der Waals surface area contributed by atoms with Crippen molar-refractivity contribution in [3.8, 4) is 0 Å². The van der Waals surface area contributed by atoms with Gasteiger partial charge in [0.15, 0.2) is 0 Å². The average Bonchev–Trinajstić information content (AvgIpc) is 2.16. The van der Waals surface area contributed by atoms with Crippen molar-refractivity contribution < 1.29 is 8.42 Å². The summed E-state index contributed by atoms with van der Waals surface area (Å²) in [7, 11) is -3.24. The Bertz CT molecular complexity index is 258. The lowest BCUT2D eigenvalue weighted by Crippen LogP contribution is -2.50. The van der Waals surface area contributed by atoms with Gasteiger partial charge in [-0.25, -0.2) is 4.72 Å². The SMILES string of the molecule is CC(C)CNS(=O)(=O)N1CCNCC1. The van der Waals surface area contributed by atoms with Gasteiger partial charge >= 0.3 is 0 Å². The number of rotatable bonds is 4. The molecule has 0 aromatic heterocycles. The quantitative estimate of drug-likeness (QED) is 0.665. The van der Waals surface area contributed by atoms with Crippen LogP contribution in [0.2, 0.25) is 0 Å². The van der Waals surface area contributed by atoms with Crippen molar-refractivity contribution in [2.24, 2.45) is 5.92 Å². The highest BCUT2D eigenvalue weighted by Gasteiger charge is 2.22. The van der Waals surface area contributed by atoms with E-state index in [1.807, 2.05) is 13.8 Å². The number of piperazine rings is 1. The number of nitrogens with zero attached hydrogens (tertiary/aromatic N) is 1. The second kappa shape index (κ2) is 5.06. The van der Waals surface area contributed by atoms with Crippen LogP contribution in [-0.4, -0.2) is 45.4 Å². The zero-order valence-electron chi connectivity index (χ0n) is 8.78. The van der Waals surface area contributed by atoms with E-state index in [1.165, 1.54) is 4.31 Å². The topological polar surface area (TPSA) is 61.4 Å². The fourth-order valence-corrected chi connectivity index (χ4v) is 2.64. The lowest BCUT2D eigenvalue weighted by molar-refractivity contribution is 0.353. The van der Waals surface area contributed by atoms with Crippen LogP contribution in [0, 0.1) is 5.92 Å². The molecular weight excluding hydrogens is 202 g/mol. The van der Waals surface area contributed by atoms with Crippen LogP contribution < -0.4 is 10.0 Å². The van der Waals surface area contributed by atoms with Crippen LogP contribution in [0.25, 0.3) is 0 Å². The summed E-state index contributed by atoms with van der Waals surface area (Å²) in [6.07, 6.45) is 0. The number of nitrogens with one attached hydrogen (secondary N) is 2. The van der Waals surface area contributed by atoms with Gasteiger partial charge in [0.2, 0.25) is 0 Å². The monoisotopic (exact) mass is 221 g/mol. The van der Waals surface area contributed by atoms with E-state index in [1.54, 1.807) is 0 Å². The van der Waals surface area contributed by atoms with E-state index >= 15 is 0 Å². The first-order valence-corrected chi connectivity index (χ1v) is 6.42. The minimum absolute atomic E-state index is 0.340. The molecule has 14 heavy (non-hydrogen) atoms. The van der Waals surface area contributed by atoms with Gasteiger partial charge in [-0.15, -0.1) is 0 Å². The summed E-state index contributed by atoms with van der Waals surface area (Å²) >= 11 is 0. The van der Waals surface area contributed by atoms with Crippen molar-refractivity contribution >= 4 is 10.2 Å². The van der Waals surface area contributed by atoms with Crippen LogP contribution in [0.3, 0.4) is 0 Å². The first kappa shape index (κ1) is 11.9. The van der Waals surface area contributed by atoms with Crippen LogP contribution in [-0.2, 0) is 10.2 Å². The van der Waals surface area contributed by atoms with E-state index in [4.69, 9.17) is 0 Å². The van der Waals surface area contributed by atoms with E-state index in [0.717, 1.165) is 13.1 Å². The van der Waals surface area contributed by atoms with Crippen molar-refractivity contribution in [1.29, 1.82) is 0 Å². The van der Waals surface area contributed by atoms with Crippen molar-refractivity contribution in [2.45, 2.75) is 13.8 Å². The summed E-state index contributed by atoms with van der Waals surface area (Å²) in [5.41, 5.74) is 0. The third kappa shape index (κ3) is 3.53. The predicted molar refractivity (Wildman–Crippen MR) is 56.2 cm³/mol. The maximum atomic E-state index is 11.7. The third-order valence-corrected chi connectivity index (χ3v) is 3.67. The first-order valence-electron chi connectivity index (χ1n) is 4.98. The van der Waals surface area contributed by atoms with Crippen molar-refractivity contribution in [1.82, 2.24) is 14.3 Å². The molecule has 1 aliphatic rings. The number of hydrogen-bond acceptors (Lipinski definition) is 3. The molecule has 1 heterocycles. The molecule has 5 nitrogen and oxygen atoms in total. The molecule has 0 aromatic carbocycles. The highest BCUT2D eigenvalue weighted by Crippen LogP contribution is 2.00. The molecule has 1 saturated heterocycles. The smallest absolute Gasteiger partial charge is 0.279 e. The maximum absolute atomic E-state index is 11.7. The second-order valence-electron chi connectivity index (χ2n) is 3.90. The second-order valence-corrected chi connectivity index (χ2v) is 5.65. The number of hydrogen-bond donors (Lipinski definition) is 2. The molecule has 0 unspecified atom stereocenters. The Morgan fingerprint density at radius 2 is 1.93 bits per heavy atom. The summed E-state index contributed by atoms with van der Waals surface area (Å²) in [6.45, 7) is 7.08. The Kier molecular flexibility index (Phi) is 4.31.